The van der Waals surface area contributed by atoms with Crippen molar-refractivity contribution < 1.29 is 9.47 Å². The first-order chi connectivity index (χ1) is 8.60. The van der Waals surface area contributed by atoms with E-state index in [1.54, 1.807) is 14.2 Å². The van der Waals surface area contributed by atoms with Crippen LogP contribution in [0.4, 0.5) is 11.6 Å². The molecule has 6 heteroatoms. The summed E-state index contributed by atoms with van der Waals surface area (Å²) >= 11 is 0. The van der Waals surface area contributed by atoms with Crippen molar-refractivity contribution in [2.75, 3.05) is 44.6 Å². The second kappa shape index (κ2) is 7.00. The van der Waals surface area contributed by atoms with Crippen LogP contribution >= 0.6 is 0 Å². The first-order valence-electron chi connectivity index (χ1n) is 5.99. The zero-order chi connectivity index (χ0) is 13.5. The Hall–Kier alpha value is -1.56. The van der Waals surface area contributed by atoms with Gasteiger partial charge in [0.05, 0.1) is 19.8 Å². The van der Waals surface area contributed by atoms with Crippen LogP contribution in [0.5, 0.6) is 5.75 Å². The number of methoxy groups -OCH3 is 1. The van der Waals surface area contributed by atoms with Crippen LogP contribution in [0.25, 0.3) is 0 Å². The molecule has 1 aromatic rings. The maximum atomic E-state index is 5.52. The molecule has 0 saturated heterocycles. The molecule has 18 heavy (non-hydrogen) atoms. The van der Waals surface area contributed by atoms with Crippen molar-refractivity contribution in [3.8, 4) is 5.75 Å². The SMILES string of the molecule is CNc1ncnc(N(C)CCOC(C)C)c1OC. The minimum atomic E-state index is 0.235. The fourth-order valence-corrected chi connectivity index (χ4v) is 1.53. The van der Waals surface area contributed by atoms with Crippen LogP contribution in [-0.4, -0.2) is 50.4 Å². The van der Waals surface area contributed by atoms with Gasteiger partial charge in [-0.3, -0.25) is 0 Å². The van der Waals surface area contributed by atoms with Crippen LogP contribution in [0.15, 0.2) is 6.33 Å². The fourth-order valence-electron chi connectivity index (χ4n) is 1.53. The van der Waals surface area contributed by atoms with E-state index in [9.17, 15) is 0 Å². The Morgan fingerprint density at radius 1 is 1.39 bits per heavy atom. The molecule has 0 saturated carbocycles. The summed E-state index contributed by atoms with van der Waals surface area (Å²) in [5.41, 5.74) is 0. The van der Waals surface area contributed by atoms with Gasteiger partial charge in [-0.15, -0.1) is 0 Å². The lowest BCUT2D eigenvalue weighted by Gasteiger charge is -2.21. The number of nitrogens with one attached hydrogen (secondary N) is 1. The maximum Gasteiger partial charge on any atom is 0.204 e. The molecule has 0 unspecified atom stereocenters. The number of likely N-dealkylation sites (N-methyl/N-ethyl adjacent to an activating group) is 1. The summed E-state index contributed by atoms with van der Waals surface area (Å²) in [6.45, 7) is 5.43. The van der Waals surface area contributed by atoms with Crippen molar-refractivity contribution >= 4 is 11.6 Å². The van der Waals surface area contributed by atoms with Crippen molar-refractivity contribution in [1.29, 1.82) is 0 Å². The zero-order valence-corrected chi connectivity index (χ0v) is 11.7. The van der Waals surface area contributed by atoms with Crippen LogP contribution in [0, 0.1) is 0 Å². The predicted octanol–water partition coefficient (Wildman–Crippen LogP) is 1.39. The molecular formula is C12H22N4O2. The summed E-state index contributed by atoms with van der Waals surface area (Å²) in [7, 11) is 5.37. The van der Waals surface area contributed by atoms with Gasteiger partial charge in [-0.05, 0) is 13.8 Å². The van der Waals surface area contributed by atoms with E-state index in [2.05, 4.69) is 15.3 Å². The largest absolute Gasteiger partial charge is 0.490 e. The molecule has 1 N–H and O–H groups in total. The number of anilines is 2. The van der Waals surface area contributed by atoms with E-state index in [0.29, 0.717) is 18.2 Å². The standard InChI is InChI=1S/C12H22N4O2/c1-9(2)18-7-6-16(4)12-10(17-5)11(13-3)14-8-15-12/h8-9H,6-7H2,1-5H3,(H,13,14,15). The molecule has 0 bridgehead atoms. The van der Waals surface area contributed by atoms with E-state index < -0.39 is 0 Å². The van der Waals surface area contributed by atoms with Gasteiger partial charge < -0.3 is 19.7 Å². The molecule has 102 valence electrons. The van der Waals surface area contributed by atoms with E-state index in [1.807, 2.05) is 25.8 Å². The number of nitrogens with zero attached hydrogens (tertiary/aromatic N) is 3. The smallest absolute Gasteiger partial charge is 0.204 e. The Kier molecular flexibility index (Phi) is 5.64. The Balaban J connectivity index is 2.75. The molecule has 0 atom stereocenters. The lowest BCUT2D eigenvalue weighted by Crippen LogP contribution is -2.25. The van der Waals surface area contributed by atoms with E-state index >= 15 is 0 Å². The van der Waals surface area contributed by atoms with Gasteiger partial charge >= 0.3 is 0 Å². The predicted molar refractivity (Wildman–Crippen MR) is 72.5 cm³/mol. The third-order valence-electron chi connectivity index (χ3n) is 2.47. The molecule has 0 fully saturated rings. The van der Waals surface area contributed by atoms with Gasteiger partial charge in [0.2, 0.25) is 5.75 Å². The van der Waals surface area contributed by atoms with Gasteiger partial charge in [-0.1, -0.05) is 0 Å². The Labute approximate surface area is 108 Å². The summed E-state index contributed by atoms with van der Waals surface area (Å²) in [6, 6.07) is 0. The number of aromatic nitrogens is 2. The zero-order valence-electron chi connectivity index (χ0n) is 11.7. The minimum Gasteiger partial charge on any atom is -0.490 e. The second-order valence-corrected chi connectivity index (χ2v) is 4.17. The number of hydrogen-bond donors (Lipinski definition) is 1. The van der Waals surface area contributed by atoms with E-state index in [0.717, 1.165) is 12.4 Å². The Morgan fingerprint density at radius 3 is 2.67 bits per heavy atom. The van der Waals surface area contributed by atoms with Gasteiger partial charge in [0.1, 0.15) is 6.33 Å². The Morgan fingerprint density at radius 2 is 2.11 bits per heavy atom. The molecule has 1 heterocycles. The normalized spacial score (nSPS) is 10.6. The Bertz CT molecular complexity index is 371. The highest BCUT2D eigenvalue weighted by Gasteiger charge is 2.14. The van der Waals surface area contributed by atoms with Crippen LogP contribution < -0.4 is 15.0 Å². The molecule has 1 rings (SSSR count). The van der Waals surface area contributed by atoms with Gasteiger partial charge in [0.15, 0.2) is 11.6 Å². The lowest BCUT2D eigenvalue weighted by molar-refractivity contribution is 0.0845. The van der Waals surface area contributed by atoms with Gasteiger partial charge in [-0.2, -0.15) is 0 Å². The quantitative estimate of drug-likeness (QED) is 0.793. The molecule has 0 spiro atoms. The topological polar surface area (TPSA) is 59.5 Å². The van der Waals surface area contributed by atoms with Crippen molar-refractivity contribution in [3.05, 3.63) is 6.33 Å². The molecule has 1 aromatic heterocycles. The van der Waals surface area contributed by atoms with E-state index in [1.165, 1.54) is 6.33 Å². The van der Waals surface area contributed by atoms with Gasteiger partial charge in [0.25, 0.3) is 0 Å². The molecule has 0 aromatic carbocycles. The fraction of sp³-hybridized carbons (Fsp3) is 0.667. The summed E-state index contributed by atoms with van der Waals surface area (Å²) in [4.78, 5) is 10.4. The van der Waals surface area contributed by atoms with Crippen molar-refractivity contribution in [3.63, 3.8) is 0 Å². The van der Waals surface area contributed by atoms with Crippen LogP contribution in [0.2, 0.25) is 0 Å². The third-order valence-corrected chi connectivity index (χ3v) is 2.47. The maximum absolute atomic E-state index is 5.52. The second-order valence-electron chi connectivity index (χ2n) is 4.17. The van der Waals surface area contributed by atoms with E-state index in [-0.39, 0.29) is 6.10 Å². The summed E-state index contributed by atoms with van der Waals surface area (Å²) in [6.07, 6.45) is 1.75. The highest BCUT2D eigenvalue weighted by molar-refractivity contribution is 5.64. The van der Waals surface area contributed by atoms with Crippen LogP contribution in [0.1, 0.15) is 13.8 Å². The third kappa shape index (κ3) is 3.73. The molecular weight excluding hydrogens is 232 g/mol. The number of ether oxygens (including phenoxy) is 2. The highest BCUT2D eigenvalue weighted by atomic mass is 16.5. The lowest BCUT2D eigenvalue weighted by atomic mass is 10.4. The van der Waals surface area contributed by atoms with Gasteiger partial charge in [-0.25, -0.2) is 9.97 Å². The molecule has 0 aliphatic carbocycles. The van der Waals surface area contributed by atoms with Crippen molar-refractivity contribution in [2.45, 2.75) is 20.0 Å². The van der Waals surface area contributed by atoms with Crippen molar-refractivity contribution in [1.82, 2.24) is 9.97 Å². The summed E-state index contributed by atoms with van der Waals surface area (Å²) < 4.78 is 10.9. The first kappa shape index (κ1) is 14.5. The molecule has 0 aliphatic rings. The van der Waals surface area contributed by atoms with E-state index in [4.69, 9.17) is 9.47 Å². The number of hydrogen-bond acceptors (Lipinski definition) is 6. The average Bonchev–Trinajstić information content (AvgIpc) is 2.36. The monoisotopic (exact) mass is 254 g/mol. The average molecular weight is 254 g/mol. The molecule has 0 amide bonds. The summed E-state index contributed by atoms with van der Waals surface area (Å²) in [5.74, 6) is 2.08. The minimum absolute atomic E-state index is 0.235. The van der Waals surface area contributed by atoms with Gasteiger partial charge in [0, 0.05) is 20.6 Å². The van der Waals surface area contributed by atoms with Crippen LogP contribution in [-0.2, 0) is 4.74 Å². The van der Waals surface area contributed by atoms with Crippen molar-refractivity contribution in [2.24, 2.45) is 0 Å². The number of rotatable bonds is 7. The molecule has 0 radical (unpaired) electrons. The van der Waals surface area contributed by atoms with Crippen LogP contribution in [0.3, 0.4) is 0 Å². The molecule has 6 nitrogen and oxygen atoms in total. The molecule has 0 aliphatic heterocycles. The highest BCUT2D eigenvalue weighted by Crippen LogP contribution is 2.30. The first-order valence-corrected chi connectivity index (χ1v) is 5.99. The summed E-state index contributed by atoms with van der Waals surface area (Å²) in [5, 5.41) is 2.98.